The van der Waals surface area contributed by atoms with Crippen molar-refractivity contribution in [1.29, 1.82) is 5.26 Å². The van der Waals surface area contributed by atoms with Crippen LogP contribution < -0.4 is 10.1 Å². The Morgan fingerprint density at radius 2 is 2.10 bits per heavy atom. The van der Waals surface area contributed by atoms with E-state index in [-0.39, 0.29) is 12.2 Å². The number of rotatable bonds is 6. The molecule has 1 aromatic heterocycles. The number of esters is 1. The zero-order chi connectivity index (χ0) is 20.8. The summed E-state index contributed by atoms with van der Waals surface area (Å²) >= 11 is 1.40. The number of hydrogen-bond acceptors (Lipinski definition) is 6. The van der Waals surface area contributed by atoms with E-state index < -0.39 is 11.9 Å². The fourth-order valence-corrected chi connectivity index (χ4v) is 4.56. The molecule has 1 heterocycles. The summed E-state index contributed by atoms with van der Waals surface area (Å²) in [5.74, 6) is -0.357. The number of benzene rings is 1. The second-order valence-corrected chi connectivity index (χ2v) is 7.64. The van der Waals surface area contributed by atoms with Crippen LogP contribution in [-0.4, -0.2) is 25.6 Å². The molecule has 1 N–H and O–H groups in total. The van der Waals surface area contributed by atoms with E-state index in [0.29, 0.717) is 21.9 Å². The monoisotopic (exact) mass is 410 g/mol. The second-order valence-electron chi connectivity index (χ2n) is 6.54. The Balaban J connectivity index is 1.91. The molecule has 0 aliphatic heterocycles. The number of amides is 1. The van der Waals surface area contributed by atoms with Gasteiger partial charge in [-0.1, -0.05) is 12.1 Å². The quantitative estimate of drug-likeness (QED) is 0.434. The SMILES string of the molecule is CCOC(=O)c1c(NC(=O)/C(C#N)=C/c2cccc(OC)c2)sc2c1CCCC2. The summed E-state index contributed by atoms with van der Waals surface area (Å²) in [6.07, 6.45) is 5.23. The average Bonchev–Trinajstić information content (AvgIpc) is 3.10. The lowest BCUT2D eigenvalue weighted by atomic mass is 9.95. The number of fused-ring (bicyclic) bond motifs is 1. The number of anilines is 1. The van der Waals surface area contributed by atoms with Gasteiger partial charge in [0.1, 0.15) is 22.4 Å². The maximum atomic E-state index is 12.8. The van der Waals surface area contributed by atoms with E-state index in [1.54, 1.807) is 38.3 Å². The van der Waals surface area contributed by atoms with Crippen LogP contribution in [0.25, 0.3) is 6.08 Å². The normalized spacial score (nSPS) is 13.2. The van der Waals surface area contributed by atoms with Crippen LogP contribution in [0.5, 0.6) is 5.75 Å². The van der Waals surface area contributed by atoms with Crippen molar-refractivity contribution in [2.24, 2.45) is 0 Å². The third-order valence-electron chi connectivity index (χ3n) is 4.65. The molecule has 2 aromatic rings. The molecule has 7 heteroatoms. The smallest absolute Gasteiger partial charge is 0.341 e. The van der Waals surface area contributed by atoms with Gasteiger partial charge in [0.15, 0.2) is 0 Å². The Bertz CT molecular complexity index is 1000. The van der Waals surface area contributed by atoms with E-state index in [0.717, 1.165) is 36.1 Å². The first-order valence-electron chi connectivity index (χ1n) is 9.46. The molecule has 0 fully saturated rings. The molecule has 3 rings (SSSR count). The molecule has 1 aliphatic carbocycles. The van der Waals surface area contributed by atoms with Crippen molar-refractivity contribution in [1.82, 2.24) is 0 Å². The minimum Gasteiger partial charge on any atom is -0.497 e. The van der Waals surface area contributed by atoms with Crippen LogP contribution >= 0.6 is 11.3 Å². The van der Waals surface area contributed by atoms with Crippen molar-refractivity contribution < 1.29 is 19.1 Å². The first-order valence-corrected chi connectivity index (χ1v) is 10.3. The lowest BCUT2D eigenvalue weighted by Gasteiger charge is -2.12. The summed E-state index contributed by atoms with van der Waals surface area (Å²) in [6.45, 7) is 2.01. The largest absolute Gasteiger partial charge is 0.497 e. The summed E-state index contributed by atoms with van der Waals surface area (Å²) in [7, 11) is 1.55. The van der Waals surface area contributed by atoms with E-state index >= 15 is 0 Å². The minimum atomic E-state index is -0.556. The topological polar surface area (TPSA) is 88.4 Å². The number of carbonyl (C=O) groups excluding carboxylic acids is 2. The lowest BCUT2D eigenvalue weighted by Crippen LogP contribution is -2.16. The highest BCUT2D eigenvalue weighted by molar-refractivity contribution is 7.17. The van der Waals surface area contributed by atoms with Crippen molar-refractivity contribution in [3.8, 4) is 11.8 Å². The van der Waals surface area contributed by atoms with Gasteiger partial charge >= 0.3 is 5.97 Å². The summed E-state index contributed by atoms with van der Waals surface area (Å²) in [4.78, 5) is 26.4. The van der Waals surface area contributed by atoms with Gasteiger partial charge in [-0.05, 0) is 61.9 Å². The number of nitrogens with one attached hydrogen (secondary N) is 1. The van der Waals surface area contributed by atoms with Gasteiger partial charge < -0.3 is 14.8 Å². The second kappa shape index (κ2) is 9.39. The van der Waals surface area contributed by atoms with Crippen LogP contribution in [0.15, 0.2) is 29.8 Å². The van der Waals surface area contributed by atoms with Gasteiger partial charge in [-0.25, -0.2) is 4.79 Å². The van der Waals surface area contributed by atoms with Gasteiger partial charge in [-0.3, -0.25) is 4.79 Å². The van der Waals surface area contributed by atoms with E-state index in [2.05, 4.69) is 5.32 Å². The third kappa shape index (κ3) is 4.66. The molecule has 0 saturated heterocycles. The molecule has 0 atom stereocenters. The van der Waals surface area contributed by atoms with Crippen LogP contribution in [0.2, 0.25) is 0 Å². The molecule has 1 amide bonds. The number of thiophene rings is 1. The molecule has 1 aliphatic rings. The summed E-state index contributed by atoms with van der Waals surface area (Å²) < 4.78 is 10.4. The Kier molecular flexibility index (Phi) is 6.68. The van der Waals surface area contributed by atoms with Crippen LogP contribution in [0.4, 0.5) is 5.00 Å². The summed E-state index contributed by atoms with van der Waals surface area (Å²) in [5, 5.41) is 12.7. The number of methoxy groups -OCH3 is 1. The fourth-order valence-electron chi connectivity index (χ4n) is 3.29. The van der Waals surface area contributed by atoms with Gasteiger partial charge in [0.25, 0.3) is 5.91 Å². The van der Waals surface area contributed by atoms with Gasteiger partial charge in [0.2, 0.25) is 0 Å². The maximum Gasteiger partial charge on any atom is 0.341 e. The van der Waals surface area contributed by atoms with Gasteiger partial charge in [0, 0.05) is 4.88 Å². The van der Waals surface area contributed by atoms with Gasteiger partial charge in [-0.15, -0.1) is 11.3 Å². The molecule has 0 radical (unpaired) electrons. The highest BCUT2D eigenvalue weighted by Gasteiger charge is 2.27. The van der Waals surface area contributed by atoms with Crippen LogP contribution in [0.3, 0.4) is 0 Å². The third-order valence-corrected chi connectivity index (χ3v) is 5.86. The summed E-state index contributed by atoms with van der Waals surface area (Å²) in [5.41, 5.74) is 2.01. The molecule has 1 aromatic carbocycles. The highest BCUT2D eigenvalue weighted by atomic mass is 32.1. The van der Waals surface area contributed by atoms with Gasteiger partial charge in [-0.2, -0.15) is 5.26 Å². The minimum absolute atomic E-state index is 0.0561. The Morgan fingerprint density at radius 3 is 2.83 bits per heavy atom. The van der Waals surface area contributed by atoms with E-state index in [1.165, 1.54) is 17.4 Å². The molecule has 0 unspecified atom stereocenters. The van der Waals surface area contributed by atoms with Crippen molar-refractivity contribution >= 4 is 34.3 Å². The number of aryl methyl sites for hydroxylation is 1. The summed E-state index contributed by atoms with van der Waals surface area (Å²) in [6, 6.07) is 9.02. The molecule has 0 bridgehead atoms. The van der Waals surface area contributed by atoms with Crippen molar-refractivity contribution in [2.75, 3.05) is 19.0 Å². The molecule has 0 spiro atoms. The maximum absolute atomic E-state index is 12.8. The number of carbonyl (C=O) groups is 2. The zero-order valence-corrected chi connectivity index (χ0v) is 17.2. The van der Waals surface area contributed by atoms with E-state index in [9.17, 15) is 14.9 Å². The van der Waals surface area contributed by atoms with E-state index in [4.69, 9.17) is 9.47 Å². The number of nitriles is 1. The number of ether oxygens (including phenoxy) is 2. The lowest BCUT2D eigenvalue weighted by molar-refractivity contribution is -0.112. The average molecular weight is 410 g/mol. The van der Waals surface area contributed by atoms with Crippen molar-refractivity contribution in [3.05, 3.63) is 51.4 Å². The van der Waals surface area contributed by atoms with Crippen LogP contribution in [0, 0.1) is 11.3 Å². The standard InChI is InChI=1S/C22H22N2O4S/c1-3-28-22(26)19-17-9-4-5-10-18(17)29-21(19)24-20(25)15(13-23)11-14-7-6-8-16(12-14)27-2/h6-8,11-12H,3-5,9-10H2,1-2H3,(H,24,25)/b15-11+. The zero-order valence-electron chi connectivity index (χ0n) is 16.4. The number of nitrogens with zero attached hydrogens (tertiary/aromatic N) is 1. The van der Waals surface area contributed by atoms with Crippen LogP contribution in [0.1, 0.15) is 46.1 Å². The molecular weight excluding hydrogens is 388 g/mol. The van der Waals surface area contributed by atoms with Crippen molar-refractivity contribution in [3.63, 3.8) is 0 Å². The predicted octanol–water partition coefficient (Wildman–Crippen LogP) is 4.36. The van der Waals surface area contributed by atoms with E-state index in [1.807, 2.05) is 6.07 Å². The fraction of sp³-hybridized carbons (Fsp3) is 0.318. The molecule has 0 saturated carbocycles. The van der Waals surface area contributed by atoms with Crippen molar-refractivity contribution in [2.45, 2.75) is 32.6 Å². The Hall–Kier alpha value is -3.11. The molecular formula is C22H22N2O4S. The number of hydrogen-bond donors (Lipinski definition) is 1. The van der Waals surface area contributed by atoms with Gasteiger partial charge in [0.05, 0.1) is 19.3 Å². The molecule has 6 nitrogen and oxygen atoms in total. The Morgan fingerprint density at radius 1 is 1.31 bits per heavy atom. The molecule has 29 heavy (non-hydrogen) atoms. The highest BCUT2D eigenvalue weighted by Crippen LogP contribution is 2.38. The predicted molar refractivity (Wildman–Crippen MR) is 112 cm³/mol. The van der Waals surface area contributed by atoms with Crippen LogP contribution in [-0.2, 0) is 22.4 Å². The Labute approximate surface area is 173 Å². The first-order chi connectivity index (χ1) is 14.1. The molecule has 150 valence electrons. The first kappa shape index (κ1) is 20.6.